The van der Waals surface area contributed by atoms with Crippen molar-refractivity contribution < 1.29 is 14.9 Å². The molecule has 5 rings (SSSR count). The van der Waals surface area contributed by atoms with Crippen LogP contribution in [0.1, 0.15) is 23.3 Å². The van der Waals surface area contributed by atoms with E-state index in [0.29, 0.717) is 0 Å². The highest BCUT2D eigenvalue weighted by atomic mass is 16.6. The summed E-state index contributed by atoms with van der Waals surface area (Å²) in [5, 5.41) is 25.0. The topological polar surface area (TPSA) is 53.0 Å². The molecule has 0 radical (unpaired) electrons. The van der Waals surface area contributed by atoms with E-state index in [1.54, 1.807) is 0 Å². The fraction of sp³-hybridized carbons (Fsp3) is 0.222. The molecule has 0 aromatic heterocycles. The van der Waals surface area contributed by atoms with E-state index >= 15 is 0 Å². The Morgan fingerprint density at radius 2 is 1.62 bits per heavy atom. The summed E-state index contributed by atoms with van der Waals surface area (Å²) in [6.45, 7) is 0. The monoisotopic (exact) mass is 278 g/mol. The van der Waals surface area contributed by atoms with Crippen molar-refractivity contribution in [2.75, 3.05) is 0 Å². The zero-order valence-electron chi connectivity index (χ0n) is 11.2. The number of aliphatic hydroxyl groups is 2. The maximum absolute atomic E-state index is 10.3. The summed E-state index contributed by atoms with van der Waals surface area (Å²) < 4.78 is 5.63. The van der Waals surface area contributed by atoms with Gasteiger partial charge in [-0.3, -0.25) is 0 Å². The molecular weight excluding hydrogens is 264 g/mol. The molecule has 21 heavy (non-hydrogen) atoms. The Morgan fingerprint density at radius 3 is 2.52 bits per heavy atom. The normalized spacial score (nSPS) is 30.2. The van der Waals surface area contributed by atoms with Crippen LogP contribution in [0.15, 0.2) is 48.5 Å². The smallest absolute Gasteiger partial charge is 0.118 e. The fourth-order valence-corrected chi connectivity index (χ4v) is 3.69. The third-order valence-electron chi connectivity index (χ3n) is 4.77. The average Bonchev–Trinajstić information content (AvgIpc) is 3.32. The highest BCUT2D eigenvalue weighted by molar-refractivity contribution is 6.10. The predicted octanol–water partition coefficient (Wildman–Crippen LogP) is 2.84. The van der Waals surface area contributed by atoms with Gasteiger partial charge in [-0.2, -0.15) is 0 Å². The minimum absolute atomic E-state index is 0.0899. The van der Waals surface area contributed by atoms with Crippen LogP contribution in [0.2, 0.25) is 0 Å². The summed E-state index contributed by atoms with van der Waals surface area (Å²) in [4.78, 5) is 0. The van der Waals surface area contributed by atoms with Gasteiger partial charge in [0.2, 0.25) is 0 Å². The second kappa shape index (κ2) is 3.83. The molecule has 0 bridgehead atoms. The zero-order valence-corrected chi connectivity index (χ0v) is 11.2. The number of benzene rings is 3. The molecular formula is C18H14O3. The molecule has 1 aliphatic heterocycles. The van der Waals surface area contributed by atoms with Crippen molar-refractivity contribution in [1.82, 2.24) is 0 Å². The lowest BCUT2D eigenvalue weighted by Crippen LogP contribution is -2.29. The van der Waals surface area contributed by atoms with Gasteiger partial charge in [-0.1, -0.05) is 48.5 Å². The summed E-state index contributed by atoms with van der Waals surface area (Å²) in [5.74, 6) is 0. The van der Waals surface area contributed by atoms with E-state index in [9.17, 15) is 10.2 Å². The van der Waals surface area contributed by atoms with Crippen LogP contribution in [0.4, 0.5) is 0 Å². The van der Waals surface area contributed by atoms with Crippen molar-refractivity contribution in [1.29, 1.82) is 0 Å². The molecule has 1 aliphatic carbocycles. The number of rotatable bonds is 0. The lowest BCUT2D eigenvalue weighted by molar-refractivity contribution is 0.000109. The zero-order chi connectivity index (χ0) is 14.1. The van der Waals surface area contributed by atoms with Gasteiger partial charge in [-0.25, -0.2) is 0 Å². The van der Waals surface area contributed by atoms with Crippen molar-refractivity contribution in [3.05, 3.63) is 59.7 Å². The SMILES string of the molecule is O[C@@H]1[C@@H]2O[C@H]2c2c(ccc3ccc4ccccc4c23)[C@@H]1O. The first-order valence-corrected chi connectivity index (χ1v) is 7.21. The van der Waals surface area contributed by atoms with Gasteiger partial charge in [0.1, 0.15) is 24.4 Å². The third kappa shape index (κ3) is 1.43. The van der Waals surface area contributed by atoms with Gasteiger partial charge < -0.3 is 14.9 Å². The molecule has 2 aliphatic rings. The van der Waals surface area contributed by atoms with E-state index in [2.05, 4.69) is 24.3 Å². The Balaban J connectivity index is 1.95. The first kappa shape index (κ1) is 11.7. The van der Waals surface area contributed by atoms with E-state index in [0.717, 1.165) is 21.9 Å². The maximum atomic E-state index is 10.3. The van der Waals surface area contributed by atoms with Gasteiger partial charge in [0.15, 0.2) is 0 Å². The molecule has 3 heteroatoms. The van der Waals surface area contributed by atoms with Gasteiger partial charge in [0.25, 0.3) is 0 Å². The van der Waals surface area contributed by atoms with Gasteiger partial charge >= 0.3 is 0 Å². The minimum atomic E-state index is -0.868. The number of epoxide rings is 1. The van der Waals surface area contributed by atoms with Gasteiger partial charge in [0.05, 0.1) is 0 Å². The van der Waals surface area contributed by atoms with Crippen LogP contribution in [0.5, 0.6) is 0 Å². The summed E-state index contributed by atoms with van der Waals surface area (Å²) in [6.07, 6.45) is -2.05. The molecule has 0 saturated carbocycles. The fourth-order valence-electron chi connectivity index (χ4n) is 3.69. The third-order valence-corrected chi connectivity index (χ3v) is 4.77. The molecule has 1 heterocycles. The number of aliphatic hydroxyl groups excluding tert-OH is 2. The summed E-state index contributed by atoms with van der Waals surface area (Å²) >= 11 is 0. The van der Waals surface area contributed by atoms with Crippen LogP contribution in [0, 0.1) is 0 Å². The van der Waals surface area contributed by atoms with E-state index < -0.39 is 12.2 Å². The molecule has 0 unspecified atom stereocenters. The largest absolute Gasteiger partial charge is 0.387 e. The Labute approximate surface area is 121 Å². The molecule has 2 N–H and O–H groups in total. The van der Waals surface area contributed by atoms with E-state index in [1.807, 2.05) is 24.3 Å². The number of fused-ring (bicyclic) bond motifs is 7. The maximum Gasteiger partial charge on any atom is 0.118 e. The standard InChI is InChI=1S/C18H14O3/c19-15-12-8-7-10-6-5-9-3-1-2-4-11(9)13(10)14(12)17-18(21-17)16(15)20/h1-8,15-20H/t15-,16-,17-,18-/m0/s1. The van der Waals surface area contributed by atoms with Gasteiger partial charge in [0, 0.05) is 0 Å². The van der Waals surface area contributed by atoms with E-state index in [4.69, 9.17) is 4.74 Å². The lowest BCUT2D eigenvalue weighted by Gasteiger charge is -2.25. The van der Waals surface area contributed by atoms with Crippen molar-refractivity contribution in [2.24, 2.45) is 0 Å². The molecule has 1 fully saturated rings. The molecule has 3 aromatic carbocycles. The molecule has 3 aromatic rings. The molecule has 3 nitrogen and oxygen atoms in total. The second-order valence-corrected chi connectivity index (χ2v) is 5.91. The Hall–Kier alpha value is -1.94. The summed E-state index contributed by atoms with van der Waals surface area (Å²) in [7, 11) is 0. The van der Waals surface area contributed by atoms with Crippen molar-refractivity contribution in [2.45, 2.75) is 24.4 Å². The number of ether oxygens (including phenoxy) is 1. The number of hydrogen-bond acceptors (Lipinski definition) is 3. The highest BCUT2D eigenvalue weighted by Crippen LogP contribution is 2.53. The van der Waals surface area contributed by atoms with Crippen LogP contribution in [0.3, 0.4) is 0 Å². The quantitative estimate of drug-likeness (QED) is 0.491. The molecule has 4 atom stereocenters. The highest BCUT2D eigenvalue weighted by Gasteiger charge is 2.54. The van der Waals surface area contributed by atoms with Crippen molar-refractivity contribution in [3.8, 4) is 0 Å². The minimum Gasteiger partial charge on any atom is -0.387 e. The molecule has 0 spiro atoms. The second-order valence-electron chi connectivity index (χ2n) is 5.91. The Bertz CT molecular complexity index is 886. The first-order valence-electron chi connectivity index (χ1n) is 7.21. The lowest BCUT2D eigenvalue weighted by atomic mass is 9.83. The summed E-state index contributed by atoms with van der Waals surface area (Å²) in [6, 6.07) is 16.4. The van der Waals surface area contributed by atoms with Crippen LogP contribution < -0.4 is 0 Å². The summed E-state index contributed by atoms with van der Waals surface area (Å²) in [5.41, 5.74) is 1.84. The van der Waals surface area contributed by atoms with Crippen molar-refractivity contribution >= 4 is 21.5 Å². The molecule has 104 valence electrons. The molecule has 0 amide bonds. The van der Waals surface area contributed by atoms with E-state index in [-0.39, 0.29) is 12.2 Å². The van der Waals surface area contributed by atoms with Gasteiger partial charge in [-0.15, -0.1) is 0 Å². The molecule has 1 saturated heterocycles. The first-order chi connectivity index (χ1) is 10.3. The number of hydrogen-bond donors (Lipinski definition) is 2. The van der Waals surface area contributed by atoms with Crippen LogP contribution in [-0.4, -0.2) is 22.4 Å². The van der Waals surface area contributed by atoms with Crippen molar-refractivity contribution in [3.63, 3.8) is 0 Å². The van der Waals surface area contributed by atoms with E-state index in [1.165, 1.54) is 10.8 Å². The predicted molar refractivity (Wildman–Crippen MR) is 80.0 cm³/mol. The van der Waals surface area contributed by atoms with Crippen LogP contribution in [0.25, 0.3) is 21.5 Å². The van der Waals surface area contributed by atoms with Gasteiger partial charge in [-0.05, 0) is 32.7 Å². The Morgan fingerprint density at radius 1 is 0.857 bits per heavy atom. The van der Waals surface area contributed by atoms with Crippen LogP contribution in [-0.2, 0) is 4.74 Å². The van der Waals surface area contributed by atoms with Crippen LogP contribution >= 0.6 is 0 Å². The average molecular weight is 278 g/mol. The Kier molecular flexibility index (Phi) is 2.13.